The van der Waals surface area contributed by atoms with Crippen molar-refractivity contribution in [1.29, 1.82) is 0 Å². The van der Waals surface area contributed by atoms with E-state index < -0.39 is 35.8 Å². The summed E-state index contributed by atoms with van der Waals surface area (Å²) >= 11 is 0. The summed E-state index contributed by atoms with van der Waals surface area (Å²) in [6, 6.07) is 14.0. The number of carbonyl (C=O) groups excluding carboxylic acids is 1. The molecule has 1 atom stereocenters. The van der Waals surface area contributed by atoms with Gasteiger partial charge in [-0.3, -0.25) is 9.59 Å². The number of aromatic nitrogens is 1. The Morgan fingerprint density at radius 1 is 1.12 bits per heavy atom. The number of hydrogen-bond donors (Lipinski definition) is 4. The minimum atomic E-state index is -1.12. The summed E-state index contributed by atoms with van der Waals surface area (Å²) in [6.07, 6.45) is 0.962. The van der Waals surface area contributed by atoms with Crippen LogP contribution < -0.4 is 20.9 Å². The number of urea groups is 1. The van der Waals surface area contributed by atoms with Gasteiger partial charge in [-0.1, -0.05) is 36.4 Å². The number of nitrogens with zero attached hydrogens (tertiary/aromatic N) is 1. The highest BCUT2D eigenvalue weighted by molar-refractivity contribution is 5.91. The lowest BCUT2D eigenvalue weighted by atomic mass is 9.97. The summed E-state index contributed by atoms with van der Waals surface area (Å²) in [4.78, 5) is 36.2. The van der Waals surface area contributed by atoms with E-state index in [1.807, 2.05) is 30.3 Å². The highest BCUT2D eigenvalue weighted by Gasteiger charge is 2.21. The number of aryl methyl sites for hydroxylation is 1. The molecule has 3 rings (SSSR count). The molecule has 0 aliphatic rings. The summed E-state index contributed by atoms with van der Waals surface area (Å²) in [5.74, 6) is -0.920. The number of aromatic hydroxyl groups is 1. The fraction of sp³-hybridized carbons (Fsp3) is 0.174. The van der Waals surface area contributed by atoms with Crippen molar-refractivity contribution in [2.24, 2.45) is 7.05 Å². The molecule has 166 valence electrons. The third-order valence-corrected chi connectivity index (χ3v) is 4.88. The van der Waals surface area contributed by atoms with Crippen LogP contribution in [0.4, 0.5) is 10.5 Å². The Kier molecular flexibility index (Phi) is 6.79. The number of amides is 2. The fourth-order valence-corrected chi connectivity index (χ4v) is 3.26. The molecule has 3 aromatic rings. The predicted molar refractivity (Wildman–Crippen MR) is 119 cm³/mol. The van der Waals surface area contributed by atoms with Gasteiger partial charge in [-0.15, -0.1) is 0 Å². The molecule has 0 saturated carbocycles. The van der Waals surface area contributed by atoms with Gasteiger partial charge in [-0.25, -0.2) is 4.79 Å². The molecule has 1 heterocycles. The van der Waals surface area contributed by atoms with Gasteiger partial charge in [-0.2, -0.15) is 0 Å². The van der Waals surface area contributed by atoms with Gasteiger partial charge in [0, 0.05) is 18.8 Å². The number of rotatable bonds is 7. The maximum absolute atomic E-state index is 12.6. The molecular weight excluding hydrogens is 414 g/mol. The molecule has 9 nitrogen and oxygen atoms in total. The summed E-state index contributed by atoms with van der Waals surface area (Å²) in [7, 11) is 3.01. The summed E-state index contributed by atoms with van der Waals surface area (Å²) in [5, 5.41) is 24.2. The smallest absolute Gasteiger partial charge is 0.319 e. The van der Waals surface area contributed by atoms with Crippen molar-refractivity contribution in [1.82, 2.24) is 9.88 Å². The van der Waals surface area contributed by atoms with Crippen molar-refractivity contribution in [2.75, 3.05) is 12.4 Å². The van der Waals surface area contributed by atoms with E-state index in [2.05, 4.69) is 10.6 Å². The maximum Gasteiger partial charge on any atom is 0.319 e. The molecule has 4 N–H and O–H groups in total. The maximum atomic E-state index is 12.6. The van der Waals surface area contributed by atoms with E-state index in [9.17, 15) is 24.6 Å². The second kappa shape index (κ2) is 9.69. The van der Waals surface area contributed by atoms with E-state index >= 15 is 0 Å². The summed E-state index contributed by atoms with van der Waals surface area (Å²) in [5.41, 5.74) is 1.22. The first-order chi connectivity index (χ1) is 15.3. The van der Waals surface area contributed by atoms with E-state index in [0.717, 1.165) is 11.1 Å². The van der Waals surface area contributed by atoms with Crippen LogP contribution in [0.2, 0.25) is 0 Å². The Hall–Kier alpha value is -4.27. The van der Waals surface area contributed by atoms with Gasteiger partial charge in [0.25, 0.3) is 5.56 Å². The first-order valence-electron chi connectivity index (χ1n) is 9.71. The average Bonchev–Trinajstić information content (AvgIpc) is 2.78. The van der Waals surface area contributed by atoms with Gasteiger partial charge in [0.1, 0.15) is 11.5 Å². The molecule has 2 aromatic carbocycles. The Labute approximate surface area is 183 Å². The molecule has 0 spiro atoms. The van der Waals surface area contributed by atoms with Gasteiger partial charge in [0.15, 0.2) is 5.69 Å². The number of anilines is 1. The highest BCUT2D eigenvalue weighted by Crippen LogP contribution is 2.33. The third-order valence-electron chi connectivity index (χ3n) is 4.88. The van der Waals surface area contributed by atoms with Crippen LogP contribution in [0.1, 0.15) is 18.0 Å². The third kappa shape index (κ3) is 5.07. The minimum absolute atomic E-state index is 0.304. The average molecular weight is 437 g/mol. The fourth-order valence-electron chi connectivity index (χ4n) is 3.26. The van der Waals surface area contributed by atoms with Gasteiger partial charge in [-0.05, 0) is 29.3 Å². The van der Waals surface area contributed by atoms with Crippen molar-refractivity contribution < 1.29 is 24.5 Å². The monoisotopic (exact) mass is 437 g/mol. The minimum Gasteiger partial charge on any atom is -0.505 e. The number of benzene rings is 2. The molecule has 2 amide bonds. The second-order valence-corrected chi connectivity index (χ2v) is 7.07. The molecule has 9 heteroatoms. The van der Waals surface area contributed by atoms with Crippen molar-refractivity contribution in [3.8, 4) is 22.6 Å². The number of aliphatic carboxylic acids is 1. The number of carboxylic acids is 1. The van der Waals surface area contributed by atoms with Gasteiger partial charge in [0.05, 0.1) is 19.6 Å². The number of carbonyl (C=O) groups is 2. The predicted octanol–water partition coefficient (Wildman–Crippen LogP) is 3.10. The van der Waals surface area contributed by atoms with Crippen LogP contribution in [0.15, 0.2) is 65.6 Å². The summed E-state index contributed by atoms with van der Waals surface area (Å²) < 4.78 is 6.63. The zero-order chi connectivity index (χ0) is 23.3. The lowest BCUT2D eigenvalue weighted by molar-refractivity contribution is -0.137. The van der Waals surface area contributed by atoms with Crippen LogP contribution >= 0.6 is 0 Å². The number of hydrogen-bond acceptors (Lipinski definition) is 5. The SMILES string of the molecule is COc1ccc([C@H](CC(=O)O)NC(=O)Nc2c(O)ccn(C)c2=O)cc1-c1ccccc1. The number of nitrogens with one attached hydrogen (secondary N) is 2. The van der Waals surface area contributed by atoms with Crippen LogP contribution in [-0.4, -0.2) is 33.9 Å². The lowest BCUT2D eigenvalue weighted by Gasteiger charge is -2.20. The van der Waals surface area contributed by atoms with Crippen molar-refractivity contribution in [3.63, 3.8) is 0 Å². The van der Waals surface area contributed by atoms with Crippen LogP contribution in [0, 0.1) is 0 Å². The Morgan fingerprint density at radius 3 is 2.50 bits per heavy atom. The molecule has 0 aliphatic carbocycles. The molecule has 1 aromatic heterocycles. The topological polar surface area (TPSA) is 130 Å². The zero-order valence-corrected chi connectivity index (χ0v) is 17.5. The van der Waals surface area contributed by atoms with Crippen LogP contribution in [0.5, 0.6) is 11.5 Å². The zero-order valence-electron chi connectivity index (χ0n) is 17.5. The normalized spacial score (nSPS) is 11.4. The Balaban J connectivity index is 1.92. The number of methoxy groups -OCH3 is 1. The lowest BCUT2D eigenvalue weighted by Crippen LogP contribution is -2.36. The van der Waals surface area contributed by atoms with Gasteiger partial charge in [0.2, 0.25) is 0 Å². The largest absolute Gasteiger partial charge is 0.505 e. The molecule has 0 aliphatic heterocycles. The van der Waals surface area contributed by atoms with E-state index in [-0.39, 0.29) is 5.69 Å². The molecule has 32 heavy (non-hydrogen) atoms. The highest BCUT2D eigenvalue weighted by atomic mass is 16.5. The molecule has 0 unspecified atom stereocenters. The van der Waals surface area contributed by atoms with E-state index in [0.29, 0.717) is 11.3 Å². The van der Waals surface area contributed by atoms with Crippen LogP contribution in [0.3, 0.4) is 0 Å². The summed E-state index contributed by atoms with van der Waals surface area (Å²) in [6.45, 7) is 0. The standard InChI is InChI=1S/C23H23N3O6/c1-26-11-10-18(27)21(22(26)30)25-23(31)24-17(13-20(28)29)15-8-9-19(32-2)16(12-15)14-6-4-3-5-7-14/h3-12,17,27H,13H2,1-2H3,(H,28,29)(H2,24,25,31)/t17-/m0/s1. The van der Waals surface area contributed by atoms with E-state index in [1.165, 1.54) is 31.0 Å². The van der Waals surface area contributed by atoms with Crippen LogP contribution in [-0.2, 0) is 11.8 Å². The number of carboxylic acid groups (broad SMARTS) is 1. The Morgan fingerprint density at radius 2 is 1.84 bits per heavy atom. The quantitative estimate of drug-likeness (QED) is 0.449. The second-order valence-electron chi connectivity index (χ2n) is 7.07. The van der Waals surface area contributed by atoms with Crippen molar-refractivity contribution in [3.05, 3.63) is 76.7 Å². The van der Waals surface area contributed by atoms with Crippen molar-refractivity contribution >= 4 is 17.7 Å². The molecule has 0 bridgehead atoms. The van der Waals surface area contributed by atoms with Gasteiger partial charge < -0.3 is 30.2 Å². The van der Waals surface area contributed by atoms with E-state index in [4.69, 9.17) is 4.74 Å². The molecule has 0 fully saturated rings. The van der Waals surface area contributed by atoms with E-state index in [1.54, 1.807) is 18.2 Å². The molecular formula is C23H23N3O6. The molecule has 0 radical (unpaired) electrons. The number of pyridine rings is 1. The van der Waals surface area contributed by atoms with Crippen molar-refractivity contribution in [2.45, 2.75) is 12.5 Å². The van der Waals surface area contributed by atoms with Crippen LogP contribution in [0.25, 0.3) is 11.1 Å². The van der Waals surface area contributed by atoms with Gasteiger partial charge >= 0.3 is 12.0 Å². The number of ether oxygens (including phenoxy) is 1. The Bertz CT molecular complexity index is 1190. The molecule has 0 saturated heterocycles. The first-order valence-corrected chi connectivity index (χ1v) is 9.71. The first kappa shape index (κ1) is 22.4.